The summed E-state index contributed by atoms with van der Waals surface area (Å²) in [4.78, 5) is 27.7. The molecule has 2 saturated carbocycles. The largest absolute Gasteiger partial charge is 0.464 e. The van der Waals surface area contributed by atoms with E-state index in [1.807, 2.05) is 6.92 Å². The first-order valence-corrected chi connectivity index (χ1v) is 8.07. The average Bonchev–Trinajstić information content (AvgIpc) is 2.51. The molecule has 0 aliphatic heterocycles. The highest BCUT2D eigenvalue weighted by molar-refractivity contribution is 5.95. The Morgan fingerprint density at radius 1 is 1.39 bits per heavy atom. The second-order valence-corrected chi connectivity index (χ2v) is 6.22. The van der Waals surface area contributed by atoms with Crippen molar-refractivity contribution in [2.45, 2.75) is 44.8 Å². The zero-order valence-corrected chi connectivity index (χ0v) is 13.5. The Kier molecular flexibility index (Phi) is 4.35. The number of aromatic nitrogens is 1. The number of carbonyl (C=O) groups excluding carboxylic acids is 2. The minimum Gasteiger partial charge on any atom is -0.464 e. The molecule has 1 aromatic rings. The summed E-state index contributed by atoms with van der Waals surface area (Å²) < 4.78 is 10.4. The van der Waals surface area contributed by atoms with Crippen LogP contribution < -0.4 is 5.32 Å². The van der Waals surface area contributed by atoms with Gasteiger partial charge < -0.3 is 14.8 Å². The highest BCUT2D eigenvalue weighted by atomic mass is 16.5. The molecular weight excluding hydrogens is 296 g/mol. The van der Waals surface area contributed by atoms with Crippen LogP contribution in [-0.2, 0) is 9.47 Å². The first kappa shape index (κ1) is 15.9. The van der Waals surface area contributed by atoms with Crippen molar-refractivity contribution in [3.63, 3.8) is 0 Å². The number of ether oxygens (including phenoxy) is 2. The summed E-state index contributed by atoms with van der Waals surface area (Å²) in [5.74, 6) is -0.663. The molecule has 2 aliphatic rings. The van der Waals surface area contributed by atoms with Gasteiger partial charge in [-0.3, -0.25) is 4.79 Å². The number of rotatable bonds is 5. The minimum absolute atomic E-state index is 0.130. The zero-order valence-electron chi connectivity index (χ0n) is 13.5. The second-order valence-electron chi connectivity index (χ2n) is 6.22. The second kappa shape index (κ2) is 6.28. The fourth-order valence-corrected chi connectivity index (χ4v) is 3.64. The van der Waals surface area contributed by atoms with Crippen molar-refractivity contribution < 1.29 is 19.1 Å². The molecule has 124 valence electrons. The Morgan fingerprint density at radius 2 is 2.17 bits per heavy atom. The summed E-state index contributed by atoms with van der Waals surface area (Å²) in [5.41, 5.74) is 0.775. The van der Waals surface area contributed by atoms with Gasteiger partial charge in [0.25, 0.3) is 5.91 Å². The molecule has 0 aromatic carbocycles. The molecule has 1 N–H and O–H groups in total. The van der Waals surface area contributed by atoms with Crippen LogP contribution in [0.2, 0.25) is 0 Å². The number of esters is 1. The fourth-order valence-electron chi connectivity index (χ4n) is 3.64. The molecule has 2 fully saturated rings. The molecular formula is C17H22N2O4. The first-order valence-electron chi connectivity index (χ1n) is 8.07. The Morgan fingerprint density at radius 3 is 2.70 bits per heavy atom. The fraction of sp³-hybridized carbons (Fsp3) is 0.588. The van der Waals surface area contributed by atoms with Crippen LogP contribution in [0.3, 0.4) is 0 Å². The first-order chi connectivity index (χ1) is 11.1. The third kappa shape index (κ3) is 2.72. The lowest BCUT2D eigenvalue weighted by molar-refractivity contribution is -0.169. The number of amides is 1. The van der Waals surface area contributed by atoms with Crippen molar-refractivity contribution >= 4 is 11.9 Å². The summed E-state index contributed by atoms with van der Waals surface area (Å²) in [5, 5.41) is 3.10. The van der Waals surface area contributed by atoms with Gasteiger partial charge in [-0.15, -0.1) is 0 Å². The molecule has 2 atom stereocenters. The SMILES string of the molecule is CCO[C@H]1C[C@@H](NC(=O)c2ccc(C(=O)OC)nc2)C12CCC2. The zero-order chi connectivity index (χ0) is 16.4. The molecule has 1 aromatic heterocycles. The third-order valence-corrected chi connectivity index (χ3v) is 5.16. The molecule has 0 bridgehead atoms. The highest BCUT2D eigenvalue weighted by Crippen LogP contribution is 2.57. The molecule has 1 spiro atoms. The lowest BCUT2D eigenvalue weighted by Crippen LogP contribution is -2.67. The molecule has 0 radical (unpaired) electrons. The summed E-state index contributed by atoms with van der Waals surface area (Å²) in [6, 6.07) is 3.27. The molecule has 3 rings (SSSR count). The molecule has 0 unspecified atom stereocenters. The van der Waals surface area contributed by atoms with E-state index >= 15 is 0 Å². The predicted octanol–water partition coefficient (Wildman–Crippen LogP) is 1.95. The minimum atomic E-state index is -0.510. The summed E-state index contributed by atoms with van der Waals surface area (Å²) in [6.45, 7) is 2.72. The maximum absolute atomic E-state index is 12.4. The van der Waals surface area contributed by atoms with Gasteiger partial charge in [0.15, 0.2) is 0 Å². The lowest BCUT2D eigenvalue weighted by atomic mass is 9.51. The van der Waals surface area contributed by atoms with Gasteiger partial charge in [-0.2, -0.15) is 0 Å². The maximum Gasteiger partial charge on any atom is 0.356 e. The van der Waals surface area contributed by atoms with E-state index in [2.05, 4.69) is 15.0 Å². The van der Waals surface area contributed by atoms with Crippen molar-refractivity contribution in [1.29, 1.82) is 0 Å². The van der Waals surface area contributed by atoms with Gasteiger partial charge in [0, 0.05) is 24.3 Å². The van der Waals surface area contributed by atoms with Gasteiger partial charge in [-0.05, 0) is 38.3 Å². The summed E-state index contributed by atoms with van der Waals surface area (Å²) in [6.07, 6.45) is 5.97. The molecule has 1 heterocycles. The standard InChI is InChI=1S/C17H22N2O4/c1-3-23-14-9-13(17(14)7-4-8-17)19-15(20)11-5-6-12(18-10-11)16(21)22-2/h5-6,10,13-14H,3-4,7-9H2,1-2H3,(H,19,20)/t13-,14+/m1/s1. The third-order valence-electron chi connectivity index (χ3n) is 5.16. The average molecular weight is 318 g/mol. The Bertz CT molecular complexity index is 595. The van der Waals surface area contributed by atoms with Gasteiger partial charge >= 0.3 is 5.97 Å². The van der Waals surface area contributed by atoms with Gasteiger partial charge in [0.05, 0.1) is 18.8 Å². The van der Waals surface area contributed by atoms with Crippen LogP contribution >= 0.6 is 0 Å². The van der Waals surface area contributed by atoms with E-state index in [4.69, 9.17) is 4.74 Å². The molecule has 0 saturated heterocycles. The molecule has 2 aliphatic carbocycles. The number of carbonyl (C=O) groups is 2. The van der Waals surface area contributed by atoms with E-state index in [9.17, 15) is 9.59 Å². The number of nitrogens with one attached hydrogen (secondary N) is 1. The van der Waals surface area contributed by atoms with E-state index < -0.39 is 5.97 Å². The number of pyridine rings is 1. The van der Waals surface area contributed by atoms with Crippen molar-refractivity contribution in [2.24, 2.45) is 5.41 Å². The van der Waals surface area contributed by atoms with Gasteiger partial charge in [-0.25, -0.2) is 9.78 Å². The molecule has 6 nitrogen and oxygen atoms in total. The molecule has 6 heteroatoms. The van der Waals surface area contributed by atoms with Crippen LogP contribution in [0.15, 0.2) is 18.3 Å². The van der Waals surface area contributed by atoms with Gasteiger partial charge in [0.1, 0.15) is 5.69 Å². The van der Waals surface area contributed by atoms with Crippen LogP contribution in [0.5, 0.6) is 0 Å². The monoisotopic (exact) mass is 318 g/mol. The van der Waals surface area contributed by atoms with Crippen molar-refractivity contribution in [3.05, 3.63) is 29.6 Å². The predicted molar refractivity (Wildman–Crippen MR) is 83.1 cm³/mol. The van der Waals surface area contributed by atoms with Gasteiger partial charge in [0.2, 0.25) is 0 Å². The number of nitrogens with zero attached hydrogens (tertiary/aromatic N) is 1. The smallest absolute Gasteiger partial charge is 0.356 e. The van der Waals surface area contributed by atoms with Crippen molar-refractivity contribution in [3.8, 4) is 0 Å². The summed E-state index contributed by atoms with van der Waals surface area (Å²) >= 11 is 0. The molecule has 23 heavy (non-hydrogen) atoms. The topological polar surface area (TPSA) is 77.5 Å². The van der Waals surface area contributed by atoms with Crippen molar-refractivity contribution in [2.75, 3.05) is 13.7 Å². The van der Waals surface area contributed by atoms with E-state index in [-0.39, 0.29) is 29.2 Å². The normalized spacial score (nSPS) is 24.4. The van der Waals surface area contributed by atoms with Crippen LogP contribution in [0.4, 0.5) is 0 Å². The molecule has 1 amide bonds. The highest BCUT2D eigenvalue weighted by Gasteiger charge is 2.59. The van der Waals surface area contributed by atoms with Gasteiger partial charge in [-0.1, -0.05) is 6.42 Å². The van der Waals surface area contributed by atoms with E-state index in [0.29, 0.717) is 12.2 Å². The van der Waals surface area contributed by atoms with Crippen LogP contribution in [-0.4, -0.2) is 42.7 Å². The van der Waals surface area contributed by atoms with Crippen LogP contribution in [0.1, 0.15) is 53.5 Å². The Labute approximate surface area is 135 Å². The Hall–Kier alpha value is -1.95. The number of hydrogen-bond acceptors (Lipinski definition) is 5. The maximum atomic E-state index is 12.4. The van der Waals surface area contributed by atoms with E-state index in [1.54, 1.807) is 6.07 Å². The lowest BCUT2D eigenvalue weighted by Gasteiger charge is -2.61. The van der Waals surface area contributed by atoms with Crippen molar-refractivity contribution in [1.82, 2.24) is 10.3 Å². The Balaban J connectivity index is 1.62. The number of hydrogen-bond donors (Lipinski definition) is 1. The summed E-state index contributed by atoms with van der Waals surface area (Å²) in [7, 11) is 1.30. The van der Waals surface area contributed by atoms with Crippen LogP contribution in [0, 0.1) is 5.41 Å². The number of methoxy groups -OCH3 is 1. The van der Waals surface area contributed by atoms with Crippen LogP contribution in [0.25, 0.3) is 0 Å². The quantitative estimate of drug-likeness (QED) is 0.840. The van der Waals surface area contributed by atoms with E-state index in [1.165, 1.54) is 25.8 Å². The van der Waals surface area contributed by atoms with E-state index in [0.717, 1.165) is 19.3 Å².